The van der Waals surface area contributed by atoms with Gasteiger partial charge in [-0.2, -0.15) is 4.31 Å². The molecule has 2 rings (SSSR count). The molecule has 0 bridgehead atoms. The van der Waals surface area contributed by atoms with E-state index in [0.717, 1.165) is 11.3 Å². The monoisotopic (exact) mass is 320 g/mol. The Hall–Kier alpha value is -0.540. The van der Waals surface area contributed by atoms with Gasteiger partial charge in [0.1, 0.15) is 9.20 Å². The normalized spacial score (nSPS) is 25.4. The molecule has 1 fully saturated rings. The smallest absolute Gasteiger partial charge is 0.252 e. The summed E-state index contributed by atoms with van der Waals surface area (Å²) in [6.07, 6.45) is -0.0963. The van der Waals surface area contributed by atoms with E-state index >= 15 is 0 Å². The predicted molar refractivity (Wildman–Crippen MR) is 79.0 cm³/mol. The Morgan fingerprint density at radius 2 is 2.21 bits per heavy atom. The van der Waals surface area contributed by atoms with Crippen molar-refractivity contribution in [3.8, 4) is 0 Å². The first-order valence-electron chi connectivity index (χ1n) is 5.85. The van der Waals surface area contributed by atoms with Crippen molar-refractivity contribution >= 4 is 38.6 Å². The van der Waals surface area contributed by atoms with Crippen molar-refractivity contribution < 1.29 is 13.2 Å². The summed E-state index contributed by atoms with van der Waals surface area (Å²) in [6.45, 7) is 4.48. The quantitative estimate of drug-likeness (QED) is 0.847. The summed E-state index contributed by atoms with van der Waals surface area (Å²) < 4.78 is 32.4. The van der Waals surface area contributed by atoms with Crippen LogP contribution in [0, 0.1) is 0 Å². The lowest BCUT2D eigenvalue weighted by Crippen LogP contribution is -2.49. The Kier molecular flexibility index (Phi) is 4.26. The standard InChI is InChI=1S/C11H16N2O3S3/c1-7-6-16-8(2)5-13(7)19(14,15)10-4-3-9(18-10)11(12)17/h3-4,7-8H,5-6H2,1-2H3,(H2,12,17). The van der Waals surface area contributed by atoms with Crippen LogP contribution in [0.5, 0.6) is 0 Å². The van der Waals surface area contributed by atoms with E-state index in [9.17, 15) is 8.42 Å². The SMILES string of the molecule is CC1CN(S(=O)(=O)c2ccc(C(N)=S)s2)C(C)CO1. The van der Waals surface area contributed by atoms with Crippen LogP contribution < -0.4 is 5.73 Å². The van der Waals surface area contributed by atoms with Crippen molar-refractivity contribution in [1.29, 1.82) is 0 Å². The summed E-state index contributed by atoms with van der Waals surface area (Å²) in [5.74, 6) is 0. The average molecular weight is 320 g/mol. The molecule has 0 aromatic carbocycles. The van der Waals surface area contributed by atoms with Gasteiger partial charge in [0.05, 0.1) is 17.6 Å². The zero-order chi connectivity index (χ0) is 14.2. The summed E-state index contributed by atoms with van der Waals surface area (Å²) in [5, 5.41) is 0. The van der Waals surface area contributed by atoms with Crippen molar-refractivity contribution in [3.63, 3.8) is 0 Å². The van der Waals surface area contributed by atoms with Gasteiger partial charge in [-0.15, -0.1) is 11.3 Å². The second-order valence-electron chi connectivity index (χ2n) is 4.55. The van der Waals surface area contributed by atoms with E-state index in [1.165, 1.54) is 4.31 Å². The molecule has 0 saturated carbocycles. The Bertz CT molecular complexity index is 582. The highest BCUT2D eigenvalue weighted by Crippen LogP contribution is 2.28. The first-order valence-corrected chi connectivity index (χ1v) is 8.52. The highest BCUT2D eigenvalue weighted by molar-refractivity contribution is 7.91. The minimum absolute atomic E-state index is 0.0963. The van der Waals surface area contributed by atoms with Crippen molar-refractivity contribution in [2.45, 2.75) is 30.2 Å². The number of sulfonamides is 1. The van der Waals surface area contributed by atoms with Gasteiger partial charge in [-0.25, -0.2) is 8.42 Å². The van der Waals surface area contributed by atoms with Gasteiger partial charge in [0.15, 0.2) is 0 Å². The summed E-state index contributed by atoms with van der Waals surface area (Å²) >= 11 is 5.96. The van der Waals surface area contributed by atoms with Crippen LogP contribution in [-0.2, 0) is 14.8 Å². The van der Waals surface area contributed by atoms with E-state index < -0.39 is 10.0 Å². The second-order valence-corrected chi connectivity index (χ2v) is 8.19. The van der Waals surface area contributed by atoms with Gasteiger partial charge in [-0.3, -0.25) is 0 Å². The lowest BCUT2D eigenvalue weighted by molar-refractivity contribution is -0.0170. The van der Waals surface area contributed by atoms with Gasteiger partial charge in [0.2, 0.25) is 0 Å². The number of nitrogens with two attached hydrogens (primary N) is 1. The van der Waals surface area contributed by atoms with Gasteiger partial charge < -0.3 is 10.5 Å². The predicted octanol–water partition coefficient (Wildman–Crippen LogP) is 1.18. The van der Waals surface area contributed by atoms with Gasteiger partial charge in [0.25, 0.3) is 10.0 Å². The maximum atomic E-state index is 12.6. The third-order valence-corrected chi connectivity index (χ3v) is 6.85. The van der Waals surface area contributed by atoms with Crippen LogP contribution >= 0.6 is 23.6 Å². The van der Waals surface area contributed by atoms with Gasteiger partial charge in [0, 0.05) is 12.6 Å². The van der Waals surface area contributed by atoms with E-state index in [0.29, 0.717) is 18.0 Å². The van der Waals surface area contributed by atoms with Gasteiger partial charge in [-0.05, 0) is 26.0 Å². The molecule has 5 nitrogen and oxygen atoms in total. The fourth-order valence-corrected chi connectivity index (χ4v) is 5.09. The summed E-state index contributed by atoms with van der Waals surface area (Å²) in [7, 11) is -3.50. The molecule has 1 aliphatic rings. The molecule has 1 aromatic rings. The highest BCUT2D eigenvalue weighted by Gasteiger charge is 2.35. The lowest BCUT2D eigenvalue weighted by Gasteiger charge is -2.35. The molecule has 0 amide bonds. The number of hydrogen-bond donors (Lipinski definition) is 1. The van der Waals surface area contributed by atoms with E-state index in [1.807, 2.05) is 13.8 Å². The minimum atomic E-state index is -3.50. The number of thiocarbonyl (C=S) groups is 1. The number of nitrogens with zero attached hydrogens (tertiary/aromatic N) is 1. The largest absolute Gasteiger partial charge is 0.389 e. The van der Waals surface area contributed by atoms with Gasteiger partial charge >= 0.3 is 0 Å². The molecular formula is C11H16N2O3S3. The molecule has 1 aliphatic heterocycles. The van der Waals surface area contributed by atoms with Gasteiger partial charge in [-0.1, -0.05) is 12.2 Å². The highest BCUT2D eigenvalue weighted by atomic mass is 32.2. The third kappa shape index (κ3) is 2.97. The minimum Gasteiger partial charge on any atom is -0.389 e. The Labute approximate surface area is 122 Å². The molecule has 0 aliphatic carbocycles. The zero-order valence-corrected chi connectivity index (χ0v) is 13.1. The molecule has 106 valence electrons. The van der Waals surface area contributed by atoms with E-state index in [1.54, 1.807) is 12.1 Å². The maximum absolute atomic E-state index is 12.6. The van der Waals surface area contributed by atoms with Crippen molar-refractivity contribution in [3.05, 3.63) is 17.0 Å². The van der Waals surface area contributed by atoms with Crippen LogP contribution in [0.2, 0.25) is 0 Å². The topological polar surface area (TPSA) is 72.6 Å². The molecule has 1 saturated heterocycles. The van der Waals surface area contributed by atoms with Crippen molar-refractivity contribution in [2.75, 3.05) is 13.2 Å². The summed E-state index contributed by atoms with van der Waals surface area (Å²) in [4.78, 5) is 0.831. The average Bonchev–Trinajstić information content (AvgIpc) is 2.82. The molecule has 2 N–H and O–H groups in total. The van der Waals surface area contributed by atoms with Crippen LogP contribution in [0.3, 0.4) is 0 Å². The molecule has 0 spiro atoms. The Morgan fingerprint density at radius 3 is 2.79 bits per heavy atom. The Morgan fingerprint density at radius 1 is 1.53 bits per heavy atom. The molecular weight excluding hydrogens is 304 g/mol. The zero-order valence-electron chi connectivity index (χ0n) is 10.7. The number of hydrogen-bond acceptors (Lipinski definition) is 5. The first kappa shape index (κ1) is 14.9. The third-order valence-electron chi connectivity index (χ3n) is 2.94. The van der Waals surface area contributed by atoms with Crippen molar-refractivity contribution in [1.82, 2.24) is 4.31 Å². The number of morpholine rings is 1. The van der Waals surface area contributed by atoms with Crippen LogP contribution in [0.25, 0.3) is 0 Å². The molecule has 2 atom stereocenters. The fraction of sp³-hybridized carbons (Fsp3) is 0.545. The second kappa shape index (κ2) is 5.45. The summed E-state index contributed by atoms with van der Waals surface area (Å²) in [5.41, 5.74) is 5.51. The van der Waals surface area contributed by atoms with Crippen LogP contribution in [0.1, 0.15) is 18.7 Å². The van der Waals surface area contributed by atoms with E-state index in [2.05, 4.69) is 0 Å². The maximum Gasteiger partial charge on any atom is 0.252 e. The first-order chi connectivity index (χ1) is 8.82. The lowest BCUT2D eigenvalue weighted by atomic mass is 10.2. The molecule has 19 heavy (non-hydrogen) atoms. The van der Waals surface area contributed by atoms with E-state index in [4.69, 9.17) is 22.7 Å². The molecule has 2 unspecified atom stereocenters. The van der Waals surface area contributed by atoms with Crippen molar-refractivity contribution in [2.24, 2.45) is 5.73 Å². The molecule has 1 aromatic heterocycles. The molecule has 2 heterocycles. The van der Waals surface area contributed by atoms with Crippen LogP contribution in [0.4, 0.5) is 0 Å². The van der Waals surface area contributed by atoms with Crippen LogP contribution in [-0.4, -0.2) is 43.0 Å². The molecule has 0 radical (unpaired) electrons. The summed E-state index contributed by atoms with van der Waals surface area (Å²) in [6, 6.07) is 3.03. The Balaban J connectivity index is 2.32. The van der Waals surface area contributed by atoms with Crippen LogP contribution in [0.15, 0.2) is 16.3 Å². The number of thiophene rings is 1. The number of rotatable bonds is 3. The number of ether oxygens (including phenoxy) is 1. The molecule has 8 heteroatoms. The van der Waals surface area contributed by atoms with E-state index in [-0.39, 0.29) is 21.3 Å². The fourth-order valence-electron chi connectivity index (χ4n) is 1.91.